The lowest BCUT2D eigenvalue weighted by Gasteiger charge is -2.32. The van der Waals surface area contributed by atoms with E-state index < -0.39 is 29.7 Å². The Morgan fingerprint density at radius 3 is 2.76 bits per heavy atom. The lowest BCUT2D eigenvalue weighted by Crippen LogP contribution is -2.45. The number of aliphatic hydroxyl groups excluding tert-OH is 1. The van der Waals surface area contributed by atoms with Gasteiger partial charge in [-0.05, 0) is 49.1 Å². The highest BCUT2D eigenvalue weighted by molar-refractivity contribution is 7.99. The molecule has 4 aromatic rings. The molecule has 5 rings (SSSR count). The second kappa shape index (κ2) is 13.3. The molecule has 9 nitrogen and oxygen atoms in total. The summed E-state index contributed by atoms with van der Waals surface area (Å²) in [5, 5.41) is 20.6. The van der Waals surface area contributed by atoms with E-state index in [4.69, 9.17) is 4.42 Å². The van der Waals surface area contributed by atoms with E-state index in [9.17, 15) is 18.7 Å². The highest BCUT2D eigenvalue weighted by Gasteiger charge is 2.28. The molecule has 2 unspecified atom stereocenters. The number of carbonyl (C=O) groups excluding carboxylic acids is 1. The first-order valence-electron chi connectivity index (χ1n) is 13.6. The summed E-state index contributed by atoms with van der Waals surface area (Å²) in [5.41, 5.74) is 2.35. The third-order valence-corrected chi connectivity index (χ3v) is 8.13. The van der Waals surface area contributed by atoms with Crippen LogP contribution in [0.2, 0.25) is 0 Å². The number of thioether (sulfide) groups is 1. The van der Waals surface area contributed by atoms with Gasteiger partial charge in [0.2, 0.25) is 5.89 Å². The maximum atomic E-state index is 14.0. The minimum Gasteiger partial charge on any atom is -0.444 e. The average Bonchev–Trinajstić information content (AvgIpc) is 3.68. The number of halogens is 2. The zero-order valence-electron chi connectivity index (χ0n) is 22.6. The normalized spacial score (nSPS) is 14.5. The number of oxazole rings is 1. The molecule has 2 aromatic carbocycles. The van der Waals surface area contributed by atoms with Gasteiger partial charge in [-0.2, -0.15) is 5.10 Å². The highest BCUT2D eigenvalue weighted by atomic mass is 32.2. The molecule has 0 aliphatic carbocycles. The molecule has 3 heterocycles. The van der Waals surface area contributed by atoms with Crippen LogP contribution in [0.5, 0.6) is 0 Å². The first-order valence-corrected chi connectivity index (χ1v) is 14.6. The molecule has 1 aliphatic rings. The van der Waals surface area contributed by atoms with Gasteiger partial charge in [-0.3, -0.25) is 9.89 Å². The molecule has 2 aromatic heterocycles. The van der Waals surface area contributed by atoms with Crippen molar-refractivity contribution in [3.05, 3.63) is 77.7 Å². The van der Waals surface area contributed by atoms with E-state index in [1.165, 1.54) is 24.7 Å². The molecular weight excluding hydrogens is 550 g/mol. The molecule has 3 N–H and O–H groups in total. The van der Waals surface area contributed by atoms with Crippen molar-refractivity contribution >= 4 is 23.4 Å². The van der Waals surface area contributed by atoms with Crippen molar-refractivity contribution in [2.75, 3.05) is 23.7 Å². The summed E-state index contributed by atoms with van der Waals surface area (Å²) < 4.78 is 33.6. The molecule has 1 amide bonds. The monoisotopic (exact) mass is 582 g/mol. The molecule has 0 spiro atoms. The number of anilines is 1. The van der Waals surface area contributed by atoms with Crippen molar-refractivity contribution in [2.24, 2.45) is 0 Å². The van der Waals surface area contributed by atoms with Gasteiger partial charge in [0.1, 0.15) is 30.0 Å². The summed E-state index contributed by atoms with van der Waals surface area (Å²) in [5.74, 6) is 0.0274. The van der Waals surface area contributed by atoms with Crippen LogP contribution < -0.4 is 10.2 Å². The molecule has 216 valence electrons. The number of fused-ring (bicyclic) bond motifs is 1. The fourth-order valence-corrected chi connectivity index (χ4v) is 6.11. The third kappa shape index (κ3) is 7.12. The smallest absolute Gasteiger partial charge is 0.251 e. The minimum absolute atomic E-state index is 0.0218. The molecule has 0 saturated heterocycles. The molecular formula is C29H32F2N6O3S. The summed E-state index contributed by atoms with van der Waals surface area (Å²) in [6, 6.07) is 5.96. The van der Waals surface area contributed by atoms with E-state index in [1.807, 2.05) is 6.07 Å². The number of aliphatic hydroxyl groups is 1. The van der Waals surface area contributed by atoms with Crippen molar-refractivity contribution in [1.82, 2.24) is 25.5 Å². The van der Waals surface area contributed by atoms with Crippen molar-refractivity contribution in [2.45, 2.75) is 56.1 Å². The predicted molar refractivity (Wildman–Crippen MR) is 152 cm³/mol. The van der Waals surface area contributed by atoms with Crippen LogP contribution in [-0.4, -0.2) is 62.2 Å². The highest BCUT2D eigenvalue weighted by Crippen LogP contribution is 2.42. The van der Waals surface area contributed by atoms with Gasteiger partial charge in [0.05, 0.1) is 29.6 Å². The summed E-state index contributed by atoms with van der Waals surface area (Å²) in [6.07, 6.45) is 6.10. The van der Waals surface area contributed by atoms with Crippen LogP contribution in [-0.2, 0) is 12.8 Å². The Labute approximate surface area is 240 Å². The Morgan fingerprint density at radius 1 is 1.22 bits per heavy atom. The van der Waals surface area contributed by atoms with Gasteiger partial charge >= 0.3 is 0 Å². The van der Waals surface area contributed by atoms with Gasteiger partial charge in [-0.1, -0.05) is 13.3 Å². The largest absolute Gasteiger partial charge is 0.444 e. The zero-order chi connectivity index (χ0) is 28.8. The summed E-state index contributed by atoms with van der Waals surface area (Å²) in [7, 11) is 0. The van der Waals surface area contributed by atoms with Gasteiger partial charge in [0.25, 0.3) is 5.91 Å². The standard InChI is InChI=1S/C29H32F2N6O3S/c1-2-3-7-37-8-10-41-27-22(29-32-6-9-40-29)14-19(15-24(27)37)28(39)35-23(13-18-11-20(30)16-21(31)12-18)25(38)4-5-26-33-17-34-36-26/h6,9,11-12,14-17,23,25,38H,2-5,7-8,10,13H2,1H3,(H,35,39)(H,33,34,36). The summed E-state index contributed by atoms with van der Waals surface area (Å²) >= 11 is 1.70. The number of carbonyl (C=O) groups is 1. The van der Waals surface area contributed by atoms with Crippen LogP contribution in [0.1, 0.15) is 47.9 Å². The van der Waals surface area contributed by atoms with Crippen LogP contribution >= 0.6 is 11.8 Å². The molecule has 0 fully saturated rings. The number of amides is 1. The number of unbranched alkanes of at least 4 members (excludes halogenated alkanes) is 1. The lowest BCUT2D eigenvalue weighted by molar-refractivity contribution is 0.0814. The fourth-order valence-electron chi connectivity index (χ4n) is 4.96. The molecule has 41 heavy (non-hydrogen) atoms. The third-order valence-electron chi connectivity index (χ3n) is 7.02. The Kier molecular flexibility index (Phi) is 9.30. The van der Waals surface area contributed by atoms with Crippen LogP contribution in [0.15, 0.2) is 58.4 Å². The number of aryl methyl sites for hydroxylation is 1. The van der Waals surface area contributed by atoms with Crippen LogP contribution in [0.3, 0.4) is 0 Å². The molecule has 12 heteroatoms. The Morgan fingerprint density at radius 2 is 2.05 bits per heavy atom. The van der Waals surface area contributed by atoms with E-state index >= 15 is 0 Å². The Bertz CT molecular complexity index is 1430. The molecule has 0 bridgehead atoms. The SMILES string of the molecule is CCCCN1CCSc2c(-c3ncco3)cc(C(=O)NC(Cc3cc(F)cc(F)c3)C(O)CCc3ncn[nH]3)cc21. The van der Waals surface area contributed by atoms with Crippen molar-refractivity contribution in [3.8, 4) is 11.5 Å². The Balaban J connectivity index is 1.45. The lowest BCUT2D eigenvalue weighted by atomic mass is 9.97. The second-order valence-corrected chi connectivity index (χ2v) is 11.1. The van der Waals surface area contributed by atoms with Crippen LogP contribution in [0, 0.1) is 11.6 Å². The topological polar surface area (TPSA) is 120 Å². The van der Waals surface area contributed by atoms with E-state index in [1.54, 1.807) is 24.0 Å². The van der Waals surface area contributed by atoms with E-state index in [0.29, 0.717) is 29.3 Å². The average molecular weight is 583 g/mol. The minimum atomic E-state index is -1.03. The van der Waals surface area contributed by atoms with Crippen molar-refractivity contribution < 1.29 is 23.1 Å². The van der Waals surface area contributed by atoms with Gasteiger partial charge in [0.15, 0.2) is 0 Å². The van der Waals surface area contributed by atoms with Gasteiger partial charge in [0, 0.05) is 41.8 Å². The van der Waals surface area contributed by atoms with Gasteiger partial charge in [-0.15, -0.1) is 11.8 Å². The number of nitrogens with zero attached hydrogens (tertiary/aromatic N) is 4. The summed E-state index contributed by atoms with van der Waals surface area (Å²) in [4.78, 5) is 25.5. The fraction of sp³-hybridized carbons (Fsp3) is 0.379. The number of rotatable bonds is 12. The number of benzene rings is 2. The van der Waals surface area contributed by atoms with E-state index in [2.05, 4.69) is 37.3 Å². The molecule has 0 radical (unpaired) electrons. The number of aromatic amines is 1. The first-order chi connectivity index (χ1) is 19.9. The van der Waals surface area contributed by atoms with Crippen molar-refractivity contribution in [1.29, 1.82) is 0 Å². The number of aromatic nitrogens is 4. The number of H-pyrrole nitrogens is 1. The van der Waals surface area contributed by atoms with Gasteiger partial charge < -0.3 is 19.7 Å². The quantitative estimate of drug-likeness (QED) is 0.218. The van der Waals surface area contributed by atoms with E-state index in [0.717, 1.165) is 53.9 Å². The van der Waals surface area contributed by atoms with E-state index in [-0.39, 0.29) is 12.8 Å². The Hall–Kier alpha value is -3.77. The number of hydrogen-bond acceptors (Lipinski definition) is 8. The van der Waals surface area contributed by atoms with Crippen LogP contribution in [0.4, 0.5) is 14.5 Å². The maximum Gasteiger partial charge on any atom is 0.251 e. The number of hydrogen-bond donors (Lipinski definition) is 3. The molecule has 1 aliphatic heterocycles. The maximum absolute atomic E-state index is 14.0. The van der Waals surface area contributed by atoms with Crippen LogP contribution in [0.25, 0.3) is 11.5 Å². The van der Waals surface area contributed by atoms with Crippen molar-refractivity contribution in [3.63, 3.8) is 0 Å². The molecule has 0 saturated carbocycles. The zero-order valence-corrected chi connectivity index (χ0v) is 23.5. The molecule has 2 atom stereocenters. The van der Waals surface area contributed by atoms with Gasteiger partial charge in [-0.25, -0.2) is 18.7 Å². The summed E-state index contributed by atoms with van der Waals surface area (Å²) in [6.45, 7) is 3.84. The predicted octanol–water partition coefficient (Wildman–Crippen LogP) is 4.78. The second-order valence-electron chi connectivity index (χ2n) is 10.00. The number of nitrogens with one attached hydrogen (secondary N) is 2. The first kappa shape index (κ1) is 28.7.